The highest BCUT2D eigenvalue weighted by Gasteiger charge is 2.53. The zero-order valence-electron chi connectivity index (χ0n) is 36.9. The number of Topliss-reactive ketones (excluding diaryl/α,β-unsaturated/α-hetero) is 1. The molecule has 8 aromatic rings. The molecule has 0 fully saturated rings. The lowest BCUT2D eigenvalue weighted by molar-refractivity contribution is 0.102. The van der Waals surface area contributed by atoms with Crippen molar-refractivity contribution in [2.75, 3.05) is 6.16 Å². The second-order valence-corrected chi connectivity index (χ2v) is 19.6. The van der Waals surface area contributed by atoms with E-state index in [-0.39, 0.29) is 29.2 Å². The fraction of sp³-hybridized carbons (Fsp3) is 0.0200. The summed E-state index contributed by atoms with van der Waals surface area (Å²) in [6, 6.07) is 30.0. The van der Waals surface area contributed by atoms with Gasteiger partial charge in [0.15, 0.2) is 69.8 Å². The van der Waals surface area contributed by atoms with Crippen molar-refractivity contribution in [2.45, 2.75) is 0 Å². The van der Waals surface area contributed by atoms with Crippen LogP contribution in [0.3, 0.4) is 0 Å². The van der Waals surface area contributed by atoms with Crippen molar-refractivity contribution in [3.63, 3.8) is 0 Å². The van der Waals surface area contributed by atoms with Crippen LogP contribution in [0.25, 0.3) is 0 Å². The monoisotopic (exact) mass is 1110 g/mol. The summed E-state index contributed by atoms with van der Waals surface area (Å²) in [5, 5.41) is 32.4. The molecule has 0 saturated heterocycles. The molecule has 0 amide bonds. The fourth-order valence-corrected chi connectivity index (χ4v) is 12.7. The van der Waals surface area contributed by atoms with Crippen LogP contribution in [-0.2, 0) is 0 Å². The van der Waals surface area contributed by atoms with Crippen molar-refractivity contribution in [3.05, 3.63) is 225 Å². The second kappa shape index (κ2) is 20.9. The van der Waals surface area contributed by atoms with Gasteiger partial charge in [-0.05, 0) is 72.8 Å². The van der Waals surface area contributed by atoms with E-state index in [1.807, 2.05) is 66.7 Å². The van der Waals surface area contributed by atoms with Gasteiger partial charge >= 0.3 is 0 Å². The molecule has 0 heterocycles. The molecule has 0 aromatic heterocycles. The molecule has 0 aliphatic rings. The van der Waals surface area contributed by atoms with Crippen molar-refractivity contribution in [1.82, 2.24) is 0 Å². The molecular weight excluding hydrogens is 1090 g/mol. The first-order chi connectivity index (χ1) is 35.7. The van der Waals surface area contributed by atoms with Crippen LogP contribution < -0.4 is 37.8 Å². The van der Waals surface area contributed by atoms with Gasteiger partial charge in [0.25, 0.3) is 0 Å². The number of hydrogen-bond donors (Lipinski definition) is 3. The predicted octanol–water partition coefficient (Wildman–Crippen LogP) is 9.83. The Morgan fingerprint density at radius 3 is 0.711 bits per heavy atom. The SMILES string of the molecule is Fc1c(F)c(F)c([B-](c2c(F)c(F)c(F)c(F)c2F)(c2c(F)c(F)c(F)c(F)c2F)c2c(F)c(F)c(F)c(F)c2F)c(F)c1F.O=C(C[P+](c1ccc(O)cc1)(c1ccc(O)cc1)c1ccc(O)cc1)c1ccccc1. The van der Waals surface area contributed by atoms with E-state index in [2.05, 4.69) is 0 Å². The van der Waals surface area contributed by atoms with E-state index in [0.717, 1.165) is 15.9 Å². The van der Waals surface area contributed by atoms with E-state index < -0.39 is 152 Å². The Hall–Kier alpha value is -8.08. The first-order valence-corrected chi connectivity index (χ1v) is 22.7. The lowest BCUT2D eigenvalue weighted by Gasteiger charge is -2.44. The van der Waals surface area contributed by atoms with Gasteiger partial charge in [0.05, 0.1) is 0 Å². The number of halogens is 20. The zero-order chi connectivity index (χ0) is 56.2. The van der Waals surface area contributed by atoms with Gasteiger partial charge < -0.3 is 15.3 Å². The number of carbonyl (C=O) groups excluding carboxylic acids is 1. The van der Waals surface area contributed by atoms with Gasteiger partial charge in [-0.15, -0.1) is 21.9 Å². The van der Waals surface area contributed by atoms with Gasteiger partial charge in [0, 0.05) is 5.56 Å². The first kappa shape index (κ1) is 55.7. The Labute approximate surface area is 412 Å². The minimum absolute atomic E-state index is 0.00292. The fourth-order valence-electron chi connectivity index (χ4n) is 8.65. The van der Waals surface area contributed by atoms with Crippen molar-refractivity contribution >= 4 is 57.0 Å². The lowest BCUT2D eigenvalue weighted by Crippen LogP contribution is -2.81. The largest absolute Gasteiger partial charge is 0.508 e. The average molecular weight is 1110 g/mol. The summed E-state index contributed by atoms with van der Waals surface area (Å²) < 4.78 is 294. The Kier molecular flexibility index (Phi) is 15.3. The first-order valence-electron chi connectivity index (χ1n) is 20.8. The number of rotatable bonds is 10. The summed E-state index contributed by atoms with van der Waals surface area (Å²) in [7, 11) is -2.52. The summed E-state index contributed by atoms with van der Waals surface area (Å²) in [4.78, 5) is 13.5. The Balaban J connectivity index is 0.000000236. The number of aromatic hydroxyl groups is 3. The summed E-state index contributed by atoms with van der Waals surface area (Å²) >= 11 is 0. The van der Waals surface area contributed by atoms with Crippen molar-refractivity contribution in [3.8, 4) is 17.2 Å². The van der Waals surface area contributed by atoms with Gasteiger partial charge in [-0.2, -0.15) is 0 Å². The van der Waals surface area contributed by atoms with Crippen LogP contribution in [0.15, 0.2) is 103 Å². The molecule has 0 atom stereocenters. The van der Waals surface area contributed by atoms with Gasteiger partial charge in [0.2, 0.25) is 5.78 Å². The van der Waals surface area contributed by atoms with Crippen LogP contribution in [0.1, 0.15) is 10.4 Å². The van der Waals surface area contributed by atoms with E-state index in [9.17, 15) is 72.8 Å². The highest BCUT2D eigenvalue weighted by molar-refractivity contribution is 7.96. The molecule has 4 nitrogen and oxygen atoms in total. The number of phenols is 3. The molecule has 0 aliphatic carbocycles. The van der Waals surface area contributed by atoms with E-state index in [1.54, 1.807) is 36.4 Å². The van der Waals surface area contributed by atoms with Gasteiger partial charge in [-0.25, -0.2) is 87.8 Å². The van der Waals surface area contributed by atoms with E-state index in [0.29, 0.717) is 5.56 Å². The third-order valence-corrected chi connectivity index (χ3v) is 16.4. The van der Waals surface area contributed by atoms with Crippen LogP contribution in [-0.4, -0.2) is 33.4 Å². The van der Waals surface area contributed by atoms with Gasteiger partial charge in [-0.1, -0.05) is 30.3 Å². The van der Waals surface area contributed by atoms with E-state index in [1.165, 1.54) is 0 Å². The Bertz CT molecular complexity index is 3120. The van der Waals surface area contributed by atoms with Crippen molar-refractivity contribution in [1.29, 1.82) is 0 Å². The zero-order valence-corrected chi connectivity index (χ0v) is 37.8. The van der Waals surface area contributed by atoms with Crippen LogP contribution in [0.5, 0.6) is 17.2 Å². The molecule has 76 heavy (non-hydrogen) atoms. The van der Waals surface area contributed by atoms with Crippen molar-refractivity contribution < 1.29 is 108 Å². The van der Waals surface area contributed by atoms with Gasteiger partial charge in [0.1, 0.15) is 99.3 Å². The number of carbonyl (C=O) groups is 1. The van der Waals surface area contributed by atoms with Crippen LogP contribution in [0.2, 0.25) is 0 Å². The van der Waals surface area contributed by atoms with Crippen LogP contribution in [0.4, 0.5) is 87.8 Å². The minimum atomic E-state index is -7.22. The Morgan fingerprint density at radius 1 is 0.303 bits per heavy atom. The summed E-state index contributed by atoms with van der Waals surface area (Å²) in [6.45, 7) is 0. The molecule has 394 valence electrons. The molecule has 0 spiro atoms. The maximum absolute atomic E-state index is 15.4. The average Bonchev–Trinajstić information content (AvgIpc) is 3.43. The maximum Gasteiger partial charge on any atom is 0.201 e. The number of ketones is 1. The third-order valence-electron chi connectivity index (χ3n) is 12.1. The topological polar surface area (TPSA) is 77.8 Å². The van der Waals surface area contributed by atoms with Crippen LogP contribution >= 0.6 is 7.26 Å². The summed E-state index contributed by atoms with van der Waals surface area (Å²) in [5.41, 5.74) is -13.7. The number of phenolic OH excluding ortho intramolecular Hbond substituents is 3. The molecule has 0 bridgehead atoms. The summed E-state index contributed by atoms with van der Waals surface area (Å²) in [5.74, 6) is -71.0. The minimum Gasteiger partial charge on any atom is -0.508 e. The molecule has 0 saturated carbocycles. The highest BCUT2D eigenvalue weighted by atomic mass is 31.2. The molecule has 0 aliphatic heterocycles. The smallest absolute Gasteiger partial charge is 0.201 e. The number of benzene rings is 8. The summed E-state index contributed by atoms with van der Waals surface area (Å²) in [6.07, 6.45) is -6.98. The van der Waals surface area contributed by atoms with Gasteiger partial charge in [-0.3, -0.25) is 4.79 Å². The maximum atomic E-state index is 15.4. The quantitative estimate of drug-likeness (QED) is 0.0319. The van der Waals surface area contributed by atoms with Crippen LogP contribution in [0, 0.1) is 116 Å². The normalized spacial score (nSPS) is 11.7. The molecule has 8 aromatic carbocycles. The standard InChI is InChI=1S/C26H21O4P.C24BF20/c27-20-6-12-23(13-7-20)31(24-14-8-21(28)9-15-24,25-16-10-22(29)11-17-25)18-26(30)19-4-2-1-3-5-19;26-5-1(6(27)14(35)21(42)13(5)34)25(2-7(28)15(36)22(43)16(37)8(2)29,3-9(30)17(38)23(44)18(39)10(3)31)4-11(32)19(40)24(45)20(41)12(4)33/h1-17H,18H2,(H2-,27,28,29);/q;-1/p+1. The second-order valence-electron chi connectivity index (χ2n) is 16.1. The Morgan fingerprint density at radius 2 is 0.500 bits per heavy atom. The number of hydrogen-bond acceptors (Lipinski definition) is 4. The van der Waals surface area contributed by atoms with Crippen molar-refractivity contribution in [2.24, 2.45) is 0 Å². The molecule has 3 N–H and O–H groups in total. The predicted molar refractivity (Wildman–Crippen MR) is 235 cm³/mol. The van der Waals surface area contributed by atoms with E-state index in [4.69, 9.17) is 0 Å². The van der Waals surface area contributed by atoms with E-state index >= 15 is 35.1 Å². The molecule has 0 radical (unpaired) electrons. The molecular formula is C50H22BF20O4P. The molecule has 8 rings (SSSR count). The third kappa shape index (κ3) is 8.88. The molecule has 26 heteroatoms. The molecule has 0 unspecified atom stereocenters. The highest BCUT2D eigenvalue weighted by Crippen LogP contribution is 2.56. The lowest BCUT2D eigenvalue weighted by atomic mass is 9.12.